The Kier molecular flexibility index (Phi) is 25.5. The summed E-state index contributed by atoms with van der Waals surface area (Å²) < 4.78 is 80.7. The molecule has 5 fully saturated rings. The minimum Gasteiger partial charge on any atom is -0.381 e. The maximum atomic E-state index is 13.3. The lowest BCUT2D eigenvalue weighted by Gasteiger charge is -2.29. The van der Waals surface area contributed by atoms with Gasteiger partial charge in [0.05, 0.1) is 83.5 Å². The van der Waals surface area contributed by atoms with Crippen LogP contribution in [0, 0.1) is 0 Å². The standard InChI is InChI=1S/C30H34N6O2.C27H26F3N5O2.C25H28N6O3.C25H28N6O2/c1-21(37)34-16-10-28-26(19-34)29(32-36(28)24-11-17-38-18-12-24)25-5-4-15-35-20-27(31-30(25)35)22-6-8-23(9-7-22)33-13-2-3-14-33;1-17(36)33-11-7-24-22(15-33)25(32-35(24)20-8-12-37-13-9-20)21-6-3-10-34-16-23(31-26(21)34)18-4-2-5-19(14-18)27(28,29)30;1-16(32)29-9-6-23-22(14-29)24(27-31(23)17-7-10-34-11-8-17)19-4-3-5-20-21(19)15-30(25(20)33)18-12-26-28(2)13-18;1-17(32)29-9-6-23-22(16-29)25(27-31(23)21-7-11-33-12-8-21)30-10-5-18-3-4-19(13-24(18)30)20-14-26-28(2)15-20/h4-9,15,20,24H,2-3,10-14,16-19H2,1H3;2-6,10,14,16,20H,7-9,11-13,15H2,1H3;3-5,12-13,17H,6-11,14-15H2,1-2H3;3-5,10,13-15,21H,6-9,11-12,16H2,1-2H3. The van der Waals surface area contributed by atoms with Gasteiger partial charge < -0.3 is 57.1 Å². The van der Waals surface area contributed by atoms with Crippen LogP contribution in [0.5, 0.6) is 0 Å². The number of hydrogen-bond acceptors (Lipinski definition) is 18. The number of aromatic nitrogens is 17. The van der Waals surface area contributed by atoms with Gasteiger partial charge in [0.15, 0.2) is 5.82 Å². The van der Waals surface area contributed by atoms with Crippen LogP contribution < -0.4 is 9.80 Å². The molecule has 21 heterocycles. The topological polar surface area (TPSA) is 288 Å². The second-order valence-corrected chi connectivity index (χ2v) is 38.8. The van der Waals surface area contributed by atoms with Crippen molar-refractivity contribution in [1.29, 1.82) is 0 Å². The van der Waals surface area contributed by atoms with Gasteiger partial charge in [0.1, 0.15) is 22.7 Å². The molecule has 0 N–H and O–H groups in total. The lowest BCUT2D eigenvalue weighted by atomic mass is 9.95. The molecule has 10 aliphatic heterocycles. The highest BCUT2D eigenvalue weighted by Gasteiger charge is 2.40. The number of alkyl halides is 3. The predicted molar refractivity (Wildman–Crippen MR) is 528 cm³/mol. The van der Waals surface area contributed by atoms with E-state index in [2.05, 4.69) is 128 Å². The third-order valence-electron chi connectivity index (χ3n) is 30.0. The van der Waals surface area contributed by atoms with Crippen LogP contribution in [-0.4, -0.2) is 223 Å². The van der Waals surface area contributed by atoms with Gasteiger partial charge in [-0.05, 0) is 142 Å². The molecule has 0 atom stereocenters. The number of aryl methyl sites for hydroxylation is 2. The summed E-state index contributed by atoms with van der Waals surface area (Å²) in [6, 6.07) is 37.7. The van der Waals surface area contributed by atoms with Crippen LogP contribution in [0.15, 0.2) is 171 Å². The molecule has 0 saturated carbocycles. The summed E-state index contributed by atoms with van der Waals surface area (Å²) in [5.41, 5.74) is 25.4. The summed E-state index contributed by atoms with van der Waals surface area (Å²) in [7, 11) is 3.78. The lowest BCUT2D eigenvalue weighted by molar-refractivity contribution is -0.137. The monoisotopic (exact) mass is 1920 g/mol. The van der Waals surface area contributed by atoms with Crippen LogP contribution >= 0.6 is 0 Å². The van der Waals surface area contributed by atoms with Crippen LogP contribution in [-0.2, 0) is 117 Å². The van der Waals surface area contributed by atoms with Crippen molar-refractivity contribution in [3.05, 3.63) is 233 Å². The number of anilines is 2. The number of ether oxygens (including phenoxy) is 4. The molecule has 0 unspecified atom stereocenters. The molecular weight excluding hydrogens is 1810 g/mol. The van der Waals surface area contributed by atoms with E-state index in [4.69, 9.17) is 49.3 Å². The molecule has 142 heavy (non-hydrogen) atoms. The van der Waals surface area contributed by atoms with Crippen molar-refractivity contribution in [2.24, 2.45) is 14.1 Å². The lowest BCUT2D eigenvalue weighted by Crippen LogP contribution is -2.35. The molecule has 35 heteroatoms. The second-order valence-electron chi connectivity index (χ2n) is 38.8. The quantitative estimate of drug-likeness (QED) is 0.104. The zero-order valence-electron chi connectivity index (χ0n) is 80.9. The van der Waals surface area contributed by atoms with Gasteiger partial charge >= 0.3 is 6.18 Å². The van der Waals surface area contributed by atoms with Crippen molar-refractivity contribution in [1.82, 2.24) is 102 Å². The van der Waals surface area contributed by atoms with Crippen molar-refractivity contribution in [2.75, 3.05) is 102 Å². The highest BCUT2D eigenvalue weighted by molar-refractivity contribution is 6.11. The van der Waals surface area contributed by atoms with Gasteiger partial charge in [0.25, 0.3) is 5.91 Å². The molecule has 0 aliphatic carbocycles. The van der Waals surface area contributed by atoms with Crippen LogP contribution in [0.3, 0.4) is 0 Å². The first kappa shape index (κ1) is 92.8. The van der Waals surface area contributed by atoms with Gasteiger partial charge in [-0.1, -0.05) is 48.5 Å². The number of halogens is 3. The highest BCUT2D eigenvalue weighted by atomic mass is 19.4. The molecule has 734 valence electrons. The van der Waals surface area contributed by atoms with Gasteiger partial charge in [-0.3, -0.25) is 56.6 Å². The minimum atomic E-state index is -4.43. The molecule has 5 amide bonds. The molecule has 4 aromatic carbocycles. The molecule has 5 saturated heterocycles. The van der Waals surface area contributed by atoms with Crippen LogP contribution in [0.4, 0.5) is 24.5 Å². The Morgan fingerprint density at radius 1 is 0.394 bits per heavy atom. The fraction of sp³-hybridized carbons (Fsp3) is 0.411. The Labute approximate surface area is 819 Å². The number of carbonyl (C=O) groups is 5. The van der Waals surface area contributed by atoms with Crippen LogP contribution in [0.1, 0.15) is 183 Å². The number of nitrogens with zero attached hydrogens (tertiary/aromatic N) is 23. The maximum Gasteiger partial charge on any atom is 0.416 e. The van der Waals surface area contributed by atoms with Gasteiger partial charge in [-0.2, -0.15) is 43.8 Å². The van der Waals surface area contributed by atoms with Gasteiger partial charge in [0, 0.05) is 318 Å². The average molecular weight is 1930 g/mol. The van der Waals surface area contributed by atoms with E-state index in [1.54, 1.807) is 55.7 Å². The number of rotatable bonds is 13. The SMILES string of the molecule is CC(=O)N1CCc2c(c(-c3cccc4c3CN(c3cnn(C)c3)C4=O)nn2C2CCOCC2)C1.CC(=O)N1CCc2c(c(-c3cccn4cc(-c5ccc(N6CCCC6)cc5)nc34)nn2C2CCOCC2)C1.CC(=O)N1CCc2c(c(-c3cccn4cc(-c5cccc(C(F)(F)F)c5)nc34)nn2C2CCOCC2)C1.CC(=O)N1CCc2c(c(-n3ccc4ccc(-c5cnn(C)c5)cc43)nn2C2CCOCC2)C1. The summed E-state index contributed by atoms with van der Waals surface area (Å²) in [4.78, 5) is 83.9. The molecule has 11 aromatic heterocycles. The molecule has 15 aromatic rings. The van der Waals surface area contributed by atoms with E-state index in [-0.39, 0.29) is 35.6 Å². The fourth-order valence-electron chi connectivity index (χ4n) is 22.3. The number of hydrogen-bond donors (Lipinski definition) is 0. The van der Waals surface area contributed by atoms with Crippen molar-refractivity contribution in [2.45, 2.75) is 181 Å². The molecule has 0 radical (unpaired) electrons. The van der Waals surface area contributed by atoms with E-state index in [0.29, 0.717) is 106 Å². The molecule has 32 nitrogen and oxygen atoms in total. The first-order valence-corrected chi connectivity index (χ1v) is 49.8. The predicted octanol–water partition coefficient (Wildman–Crippen LogP) is 16.0. The van der Waals surface area contributed by atoms with E-state index in [1.807, 2.05) is 91.8 Å². The number of amides is 5. The summed E-state index contributed by atoms with van der Waals surface area (Å²) in [5, 5.41) is 30.4. The zero-order valence-corrected chi connectivity index (χ0v) is 80.9. The fourth-order valence-corrected chi connectivity index (χ4v) is 22.3. The largest absolute Gasteiger partial charge is 0.416 e. The Morgan fingerprint density at radius 3 is 1.30 bits per heavy atom. The number of imidazole rings is 2. The zero-order chi connectivity index (χ0) is 97.3. The number of pyridine rings is 2. The summed E-state index contributed by atoms with van der Waals surface area (Å²) in [6.07, 6.45) is 26.1. The third kappa shape index (κ3) is 18.1. The first-order chi connectivity index (χ1) is 69.0. The minimum absolute atomic E-state index is 0.0151. The smallest absolute Gasteiger partial charge is 0.381 e. The van der Waals surface area contributed by atoms with Gasteiger partial charge in [-0.15, -0.1) is 0 Å². The van der Waals surface area contributed by atoms with Crippen molar-refractivity contribution < 1.29 is 56.1 Å². The van der Waals surface area contributed by atoms with Crippen LogP contribution in [0.2, 0.25) is 0 Å². The second kappa shape index (κ2) is 39.0. The van der Waals surface area contributed by atoms with E-state index in [1.165, 1.54) is 41.7 Å². The summed E-state index contributed by atoms with van der Waals surface area (Å²) >= 11 is 0. The Hall–Kier alpha value is -14.2. The van der Waals surface area contributed by atoms with Crippen LogP contribution in [0.25, 0.3) is 95.4 Å². The highest BCUT2D eigenvalue weighted by Crippen LogP contribution is 2.45. The summed E-state index contributed by atoms with van der Waals surface area (Å²) in [6.45, 7) is 20.2. The van der Waals surface area contributed by atoms with E-state index in [0.717, 1.165) is 266 Å². The molecular formula is C107H116F3N23O9. The Balaban J connectivity index is 0.000000109. The Bertz CT molecular complexity index is 7300. The van der Waals surface area contributed by atoms with Crippen molar-refractivity contribution in [3.63, 3.8) is 0 Å². The average Bonchev–Trinajstić information content (AvgIpc) is 1.60. The third-order valence-corrected chi connectivity index (χ3v) is 30.0. The molecule has 0 bridgehead atoms. The van der Waals surface area contributed by atoms with Crippen molar-refractivity contribution in [3.8, 4) is 73.2 Å². The van der Waals surface area contributed by atoms with Crippen molar-refractivity contribution >= 4 is 63.1 Å². The van der Waals surface area contributed by atoms with E-state index in [9.17, 15) is 37.1 Å². The Morgan fingerprint density at radius 2 is 0.831 bits per heavy atom. The number of benzene rings is 4. The van der Waals surface area contributed by atoms with E-state index < -0.39 is 11.7 Å². The first-order valence-electron chi connectivity index (χ1n) is 49.8. The number of fused-ring (bicyclic) bond motifs is 8. The van der Waals surface area contributed by atoms with E-state index >= 15 is 0 Å². The summed E-state index contributed by atoms with van der Waals surface area (Å²) in [5.74, 6) is 1.22. The van der Waals surface area contributed by atoms with Gasteiger partial charge in [-0.25, -0.2) is 9.97 Å². The maximum absolute atomic E-state index is 13.3. The molecule has 10 aliphatic rings. The number of carbonyl (C=O) groups excluding carboxylic acids is 5. The normalized spacial score (nSPS) is 17.6. The molecule has 25 rings (SSSR count). The van der Waals surface area contributed by atoms with Gasteiger partial charge in [0.2, 0.25) is 23.6 Å². The molecule has 0 spiro atoms.